The second-order valence-corrected chi connectivity index (χ2v) is 4.80. The molecule has 84 valence electrons. The van der Waals surface area contributed by atoms with Crippen molar-refractivity contribution in [3.63, 3.8) is 0 Å². The molecule has 4 heteroatoms. The monoisotopic (exact) mass is 279 g/mol. The molecule has 0 saturated carbocycles. The molecular weight excluding hydrogens is 266 g/mol. The van der Waals surface area contributed by atoms with Gasteiger partial charge in [-0.05, 0) is 25.5 Å². The molecule has 0 aliphatic rings. The Kier molecular flexibility index (Phi) is 2.76. The average Bonchev–Trinajstić information content (AvgIpc) is 2.50. The quantitative estimate of drug-likeness (QED) is 0.872. The molecule has 0 bridgehead atoms. The molecule has 3 nitrogen and oxygen atoms in total. The SMILES string of the molecule is Cc1ccc(-c2nn(C)c(N)c2C)cc1Br. The lowest BCUT2D eigenvalue weighted by Crippen LogP contribution is -1.97. The Morgan fingerprint density at radius 3 is 2.50 bits per heavy atom. The highest BCUT2D eigenvalue weighted by Crippen LogP contribution is 2.29. The van der Waals surface area contributed by atoms with Crippen molar-refractivity contribution in [2.24, 2.45) is 7.05 Å². The second-order valence-electron chi connectivity index (χ2n) is 3.95. The van der Waals surface area contributed by atoms with Crippen molar-refractivity contribution in [3.8, 4) is 11.3 Å². The first-order valence-electron chi connectivity index (χ1n) is 5.06. The summed E-state index contributed by atoms with van der Waals surface area (Å²) >= 11 is 3.53. The van der Waals surface area contributed by atoms with Gasteiger partial charge in [-0.1, -0.05) is 28.1 Å². The lowest BCUT2D eigenvalue weighted by atomic mass is 10.1. The molecule has 0 amide bonds. The molecule has 2 N–H and O–H groups in total. The molecule has 2 aromatic rings. The van der Waals surface area contributed by atoms with Crippen LogP contribution in [-0.2, 0) is 7.05 Å². The van der Waals surface area contributed by atoms with E-state index in [9.17, 15) is 0 Å². The minimum Gasteiger partial charge on any atom is -0.384 e. The van der Waals surface area contributed by atoms with Crippen molar-refractivity contribution in [1.29, 1.82) is 0 Å². The predicted octanol–water partition coefficient (Wildman–Crippen LogP) is 3.05. The van der Waals surface area contributed by atoms with Gasteiger partial charge < -0.3 is 5.73 Å². The summed E-state index contributed by atoms with van der Waals surface area (Å²) in [6, 6.07) is 6.21. The fourth-order valence-electron chi connectivity index (χ4n) is 1.66. The second kappa shape index (κ2) is 3.94. The number of hydrogen-bond donors (Lipinski definition) is 1. The van der Waals surface area contributed by atoms with Gasteiger partial charge in [0.05, 0.1) is 5.69 Å². The van der Waals surface area contributed by atoms with Crippen LogP contribution in [0.25, 0.3) is 11.3 Å². The van der Waals surface area contributed by atoms with E-state index in [2.05, 4.69) is 46.2 Å². The lowest BCUT2D eigenvalue weighted by Gasteiger charge is -2.02. The first kappa shape index (κ1) is 11.2. The maximum Gasteiger partial charge on any atom is 0.124 e. The molecule has 0 spiro atoms. The first-order chi connectivity index (χ1) is 7.50. The third-order valence-corrected chi connectivity index (χ3v) is 3.64. The van der Waals surface area contributed by atoms with Gasteiger partial charge in [0.15, 0.2) is 0 Å². The summed E-state index contributed by atoms with van der Waals surface area (Å²) in [5, 5.41) is 4.42. The molecular formula is C12H14BrN3. The van der Waals surface area contributed by atoms with Gasteiger partial charge in [-0.25, -0.2) is 0 Å². The van der Waals surface area contributed by atoms with E-state index >= 15 is 0 Å². The summed E-state index contributed by atoms with van der Waals surface area (Å²) < 4.78 is 2.80. The highest BCUT2D eigenvalue weighted by molar-refractivity contribution is 9.10. The van der Waals surface area contributed by atoms with Gasteiger partial charge in [0.25, 0.3) is 0 Å². The molecule has 0 unspecified atom stereocenters. The summed E-state index contributed by atoms with van der Waals surface area (Å²) in [5.41, 5.74) is 10.2. The zero-order valence-electron chi connectivity index (χ0n) is 9.58. The van der Waals surface area contributed by atoms with E-state index in [1.807, 2.05) is 14.0 Å². The summed E-state index contributed by atoms with van der Waals surface area (Å²) in [7, 11) is 1.86. The maximum absolute atomic E-state index is 5.90. The van der Waals surface area contributed by atoms with E-state index in [1.165, 1.54) is 5.56 Å². The highest BCUT2D eigenvalue weighted by atomic mass is 79.9. The van der Waals surface area contributed by atoms with Gasteiger partial charge in [-0.15, -0.1) is 0 Å². The lowest BCUT2D eigenvalue weighted by molar-refractivity contribution is 0.782. The van der Waals surface area contributed by atoms with Gasteiger partial charge in [-0.2, -0.15) is 5.10 Å². The molecule has 1 heterocycles. The van der Waals surface area contributed by atoms with Crippen LogP contribution >= 0.6 is 15.9 Å². The number of nitrogen functional groups attached to an aromatic ring is 1. The largest absolute Gasteiger partial charge is 0.384 e. The van der Waals surface area contributed by atoms with Crippen molar-refractivity contribution in [3.05, 3.63) is 33.8 Å². The van der Waals surface area contributed by atoms with Gasteiger partial charge in [0, 0.05) is 22.6 Å². The number of aryl methyl sites for hydroxylation is 2. The summed E-state index contributed by atoms with van der Waals surface area (Å²) in [6.07, 6.45) is 0. The number of benzene rings is 1. The number of anilines is 1. The van der Waals surface area contributed by atoms with Crippen LogP contribution in [-0.4, -0.2) is 9.78 Å². The Morgan fingerprint density at radius 1 is 1.31 bits per heavy atom. The predicted molar refractivity (Wildman–Crippen MR) is 70.2 cm³/mol. The van der Waals surface area contributed by atoms with Crippen LogP contribution in [0, 0.1) is 13.8 Å². The van der Waals surface area contributed by atoms with Crippen LogP contribution in [0.3, 0.4) is 0 Å². The highest BCUT2D eigenvalue weighted by Gasteiger charge is 2.11. The van der Waals surface area contributed by atoms with E-state index < -0.39 is 0 Å². The van der Waals surface area contributed by atoms with E-state index in [1.54, 1.807) is 4.68 Å². The molecule has 0 aliphatic heterocycles. The fraction of sp³-hybridized carbons (Fsp3) is 0.250. The Balaban J connectivity index is 2.59. The summed E-state index contributed by atoms with van der Waals surface area (Å²) in [5.74, 6) is 0.715. The smallest absolute Gasteiger partial charge is 0.124 e. The summed E-state index contributed by atoms with van der Waals surface area (Å²) in [6.45, 7) is 4.05. The third-order valence-electron chi connectivity index (χ3n) is 2.78. The number of nitrogens with zero attached hydrogens (tertiary/aromatic N) is 2. The molecule has 16 heavy (non-hydrogen) atoms. The van der Waals surface area contributed by atoms with Crippen molar-refractivity contribution >= 4 is 21.7 Å². The zero-order valence-corrected chi connectivity index (χ0v) is 11.2. The Morgan fingerprint density at radius 2 is 2.00 bits per heavy atom. The standard InChI is InChI=1S/C12H14BrN3/c1-7-4-5-9(6-10(7)13)11-8(2)12(14)16(3)15-11/h4-6H,14H2,1-3H3. The van der Waals surface area contributed by atoms with Gasteiger partial charge in [0.1, 0.15) is 5.82 Å². The zero-order chi connectivity index (χ0) is 11.9. The Labute approximate surface area is 103 Å². The fourth-order valence-corrected chi connectivity index (χ4v) is 2.04. The van der Waals surface area contributed by atoms with Gasteiger partial charge in [-0.3, -0.25) is 4.68 Å². The number of nitrogens with two attached hydrogens (primary N) is 1. The van der Waals surface area contributed by atoms with Crippen molar-refractivity contribution < 1.29 is 0 Å². The molecule has 0 aliphatic carbocycles. The van der Waals surface area contributed by atoms with E-state index in [0.717, 1.165) is 21.3 Å². The van der Waals surface area contributed by atoms with E-state index in [-0.39, 0.29) is 0 Å². The normalized spacial score (nSPS) is 10.8. The first-order valence-corrected chi connectivity index (χ1v) is 5.85. The molecule has 2 rings (SSSR count). The van der Waals surface area contributed by atoms with Crippen LogP contribution in [0.2, 0.25) is 0 Å². The topological polar surface area (TPSA) is 43.8 Å². The molecule has 0 atom stereocenters. The van der Waals surface area contributed by atoms with Crippen LogP contribution in [0.1, 0.15) is 11.1 Å². The number of halogens is 1. The number of rotatable bonds is 1. The van der Waals surface area contributed by atoms with Crippen molar-refractivity contribution in [1.82, 2.24) is 9.78 Å². The van der Waals surface area contributed by atoms with Crippen LogP contribution in [0.5, 0.6) is 0 Å². The van der Waals surface area contributed by atoms with Gasteiger partial charge >= 0.3 is 0 Å². The van der Waals surface area contributed by atoms with E-state index in [4.69, 9.17) is 5.73 Å². The van der Waals surface area contributed by atoms with Crippen LogP contribution in [0.15, 0.2) is 22.7 Å². The molecule has 0 radical (unpaired) electrons. The van der Waals surface area contributed by atoms with Crippen molar-refractivity contribution in [2.75, 3.05) is 5.73 Å². The van der Waals surface area contributed by atoms with Crippen LogP contribution in [0.4, 0.5) is 5.82 Å². The van der Waals surface area contributed by atoms with E-state index in [0.29, 0.717) is 5.82 Å². The average molecular weight is 280 g/mol. The van der Waals surface area contributed by atoms with Crippen LogP contribution < -0.4 is 5.73 Å². The number of hydrogen-bond acceptors (Lipinski definition) is 2. The molecule has 1 aromatic heterocycles. The third kappa shape index (κ3) is 1.73. The van der Waals surface area contributed by atoms with Gasteiger partial charge in [0.2, 0.25) is 0 Å². The Hall–Kier alpha value is -1.29. The maximum atomic E-state index is 5.90. The molecule has 0 saturated heterocycles. The molecule has 0 fully saturated rings. The number of aromatic nitrogens is 2. The van der Waals surface area contributed by atoms with Crippen molar-refractivity contribution in [2.45, 2.75) is 13.8 Å². The minimum atomic E-state index is 0.715. The minimum absolute atomic E-state index is 0.715. The molecule has 1 aromatic carbocycles. The summed E-state index contributed by atoms with van der Waals surface area (Å²) in [4.78, 5) is 0. The Bertz CT molecular complexity index is 543.